The first kappa shape index (κ1) is 14.8. The number of sulfone groups is 1. The normalized spacial score (nSPS) is 23.6. The van der Waals surface area contributed by atoms with Crippen LogP contribution in [0.15, 0.2) is 35.3 Å². The van der Waals surface area contributed by atoms with Gasteiger partial charge < -0.3 is 0 Å². The van der Waals surface area contributed by atoms with Gasteiger partial charge in [-0.05, 0) is 25.3 Å². The van der Waals surface area contributed by atoms with Gasteiger partial charge in [0.1, 0.15) is 0 Å². The number of rotatable bonds is 4. The van der Waals surface area contributed by atoms with Crippen LogP contribution >= 0.6 is 0 Å². The quantitative estimate of drug-likeness (QED) is 0.835. The standard InChI is InChI=1S/C16H19N3O3S/c20-16-15-4-2-1-3-12(15)9-17-19(16)11-18(13-5-6-13)14-7-8-23(21,22)10-14/h1-4,9,13-14H,5-8,10-11H2/t14-/m0/s1. The third-order valence-corrected chi connectivity index (χ3v) is 6.50. The van der Waals surface area contributed by atoms with Crippen LogP contribution in [0.3, 0.4) is 0 Å². The summed E-state index contributed by atoms with van der Waals surface area (Å²) in [5, 5.41) is 5.76. The lowest BCUT2D eigenvalue weighted by molar-refractivity contribution is 0.143. The highest BCUT2D eigenvalue weighted by molar-refractivity contribution is 7.91. The molecule has 2 aromatic rings. The van der Waals surface area contributed by atoms with Gasteiger partial charge in [0.25, 0.3) is 5.56 Å². The van der Waals surface area contributed by atoms with E-state index in [-0.39, 0.29) is 23.1 Å². The fourth-order valence-electron chi connectivity index (χ4n) is 3.36. The lowest BCUT2D eigenvalue weighted by Crippen LogP contribution is -2.42. The summed E-state index contributed by atoms with van der Waals surface area (Å²) in [4.78, 5) is 14.8. The third kappa shape index (κ3) is 2.90. The van der Waals surface area contributed by atoms with Crippen LogP contribution in [-0.2, 0) is 16.5 Å². The SMILES string of the molecule is O=c1c2ccccc2cnn1CN(C1CC1)[C@H]1CCS(=O)(=O)C1. The van der Waals surface area contributed by atoms with E-state index in [1.165, 1.54) is 4.68 Å². The predicted octanol–water partition coefficient (Wildman–Crippen LogP) is 1.01. The molecule has 0 radical (unpaired) electrons. The summed E-state index contributed by atoms with van der Waals surface area (Å²) >= 11 is 0. The van der Waals surface area contributed by atoms with Crippen molar-refractivity contribution >= 4 is 20.6 Å². The van der Waals surface area contributed by atoms with Gasteiger partial charge in [0.2, 0.25) is 0 Å². The molecule has 0 unspecified atom stereocenters. The Morgan fingerprint density at radius 1 is 1.17 bits per heavy atom. The summed E-state index contributed by atoms with van der Waals surface area (Å²) in [6, 6.07) is 7.79. The maximum Gasteiger partial charge on any atom is 0.275 e. The molecular formula is C16H19N3O3S. The Hall–Kier alpha value is -1.73. The summed E-state index contributed by atoms with van der Waals surface area (Å²) in [6.07, 6.45) is 4.49. The van der Waals surface area contributed by atoms with E-state index in [9.17, 15) is 13.2 Å². The van der Waals surface area contributed by atoms with Gasteiger partial charge in [-0.25, -0.2) is 13.1 Å². The fourth-order valence-corrected chi connectivity index (χ4v) is 5.10. The molecule has 1 atom stereocenters. The van der Waals surface area contributed by atoms with Gasteiger partial charge in [-0.1, -0.05) is 18.2 Å². The molecule has 2 aliphatic rings. The minimum absolute atomic E-state index is 0.00710. The fraction of sp³-hybridized carbons (Fsp3) is 0.500. The van der Waals surface area contributed by atoms with Crippen molar-refractivity contribution in [1.82, 2.24) is 14.7 Å². The maximum absolute atomic E-state index is 12.6. The first-order valence-corrected chi connectivity index (χ1v) is 9.77. The van der Waals surface area contributed by atoms with Crippen molar-refractivity contribution in [3.8, 4) is 0 Å². The average molecular weight is 333 g/mol. The Morgan fingerprint density at radius 2 is 1.96 bits per heavy atom. The number of benzene rings is 1. The van der Waals surface area contributed by atoms with E-state index < -0.39 is 9.84 Å². The minimum atomic E-state index is -2.93. The summed E-state index contributed by atoms with van der Waals surface area (Å²) in [6.45, 7) is 0.370. The topological polar surface area (TPSA) is 72.3 Å². The first-order valence-electron chi connectivity index (χ1n) is 7.94. The molecule has 2 fully saturated rings. The van der Waals surface area contributed by atoms with Gasteiger partial charge >= 0.3 is 0 Å². The predicted molar refractivity (Wildman–Crippen MR) is 87.9 cm³/mol. The summed E-state index contributed by atoms with van der Waals surface area (Å²) in [5.74, 6) is 0.451. The molecule has 23 heavy (non-hydrogen) atoms. The smallest absolute Gasteiger partial charge is 0.275 e. The number of nitrogens with zero attached hydrogens (tertiary/aromatic N) is 3. The Labute approximate surface area is 134 Å². The van der Waals surface area contributed by atoms with Crippen molar-refractivity contribution in [2.24, 2.45) is 0 Å². The van der Waals surface area contributed by atoms with Crippen molar-refractivity contribution < 1.29 is 8.42 Å². The van der Waals surface area contributed by atoms with Crippen LogP contribution in [0, 0.1) is 0 Å². The van der Waals surface area contributed by atoms with Crippen molar-refractivity contribution in [3.05, 3.63) is 40.8 Å². The van der Waals surface area contributed by atoms with Gasteiger partial charge in [0.15, 0.2) is 9.84 Å². The van der Waals surface area contributed by atoms with Crippen molar-refractivity contribution in [3.63, 3.8) is 0 Å². The first-order chi connectivity index (χ1) is 11.0. The van der Waals surface area contributed by atoms with Crippen LogP contribution in [0.1, 0.15) is 19.3 Å². The van der Waals surface area contributed by atoms with E-state index in [1.54, 1.807) is 12.3 Å². The summed E-state index contributed by atoms with van der Waals surface area (Å²) < 4.78 is 25.0. The highest BCUT2D eigenvalue weighted by atomic mass is 32.2. The summed E-state index contributed by atoms with van der Waals surface area (Å²) in [5.41, 5.74) is -0.116. The maximum atomic E-state index is 12.6. The Bertz CT molecular complexity index is 902. The van der Waals surface area contributed by atoms with Crippen molar-refractivity contribution in [2.75, 3.05) is 11.5 Å². The van der Waals surface area contributed by atoms with Crippen LogP contribution in [-0.4, -0.2) is 46.7 Å². The molecular weight excluding hydrogens is 314 g/mol. The molecule has 0 bridgehead atoms. The molecule has 1 saturated carbocycles. The Balaban J connectivity index is 1.65. The highest BCUT2D eigenvalue weighted by Gasteiger charge is 2.39. The van der Waals surface area contributed by atoms with E-state index in [2.05, 4.69) is 10.00 Å². The number of hydrogen-bond donors (Lipinski definition) is 0. The van der Waals surface area contributed by atoms with Crippen LogP contribution in [0.25, 0.3) is 10.8 Å². The number of fused-ring (bicyclic) bond motifs is 1. The van der Waals surface area contributed by atoms with Gasteiger partial charge in [-0.3, -0.25) is 9.69 Å². The Kier molecular flexibility index (Phi) is 3.50. The van der Waals surface area contributed by atoms with Crippen LogP contribution in [0.4, 0.5) is 0 Å². The van der Waals surface area contributed by atoms with E-state index in [1.807, 2.05) is 18.2 Å². The molecule has 0 N–H and O–H groups in total. The molecule has 4 rings (SSSR count). The van der Waals surface area contributed by atoms with Crippen molar-refractivity contribution in [1.29, 1.82) is 0 Å². The molecule has 1 saturated heterocycles. The zero-order valence-corrected chi connectivity index (χ0v) is 13.6. The Morgan fingerprint density at radius 3 is 2.65 bits per heavy atom. The largest absolute Gasteiger partial charge is 0.277 e. The van der Waals surface area contributed by atoms with E-state index in [0.29, 0.717) is 24.5 Å². The molecule has 1 aliphatic carbocycles. The minimum Gasteiger partial charge on any atom is -0.277 e. The molecule has 1 aromatic carbocycles. The second kappa shape index (κ2) is 5.42. The zero-order chi connectivity index (χ0) is 16.0. The molecule has 7 heteroatoms. The van der Waals surface area contributed by atoms with Crippen LogP contribution < -0.4 is 5.56 Å². The van der Waals surface area contributed by atoms with Gasteiger partial charge in [0.05, 0.1) is 29.8 Å². The second-order valence-corrected chi connectivity index (χ2v) is 8.71. The zero-order valence-electron chi connectivity index (χ0n) is 12.8. The molecule has 2 heterocycles. The molecule has 1 aromatic heterocycles. The monoisotopic (exact) mass is 333 g/mol. The van der Waals surface area contributed by atoms with Crippen LogP contribution in [0.2, 0.25) is 0 Å². The van der Waals surface area contributed by atoms with Crippen LogP contribution in [0.5, 0.6) is 0 Å². The van der Waals surface area contributed by atoms with Gasteiger partial charge in [-0.15, -0.1) is 0 Å². The highest BCUT2D eigenvalue weighted by Crippen LogP contribution is 2.32. The van der Waals surface area contributed by atoms with E-state index >= 15 is 0 Å². The molecule has 6 nitrogen and oxygen atoms in total. The van der Waals surface area contributed by atoms with Crippen molar-refractivity contribution in [2.45, 2.75) is 38.0 Å². The number of aromatic nitrogens is 2. The summed E-state index contributed by atoms with van der Waals surface area (Å²) in [7, 11) is -2.93. The lowest BCUT2D eigenvalue weighted by Gasteiger charge is -2.27. The van der Waals surface area contributed by atoms with E-state index in [0.717, 1.165) is 18.2 Å². The van der Waals surface area contributed by atoms with E-state index in [4.69, 9.17) is 0 Å². The second-order valence-electron chi connectivity index (χ2n) is 6.48. The van der Waals surface area contributed by atoms with Gasteiger partial charge in [-0.2, -0.15) is 5.10 Å². The molecule has 1 aliphatic heterocycles. The van der Waals surface area contributed by atoms with Gasteiger partial charge in [0, 0.05) is 17.5 Å². The molecule has 122 valence electrons. The average Bonchev–Trinajstić information content (AvgIpc) is 3.30. The lowest BCUT2D eigenvalue weighted by atomic mass is 10.2. The molecule has 0 spiro atoms. The number of hydrogen-bond acceptors (Lipinski definition) is 5. The molecule has 0 amide bonds. The third-order valence-electron chi connectivity index (χ3n) is 4.75.